The number of nitrogens with zero attached hydrogens (tertiary/aromatic N) is 5. The van der Waals surface area contributed by atoms with Crippen molar-refractivity contribution in [3.05, 3.63) is 76.4 Å². The van der Waals surface area contributed by atoms with E-state index in [9.17, 15) is 22.8 Å². The van der Waals surface area contributed by atoms with Gasteiger partial charge >= 0.3 is 6.18 Å². The number of ether oxygens (including phenoxy) is 2. The number of imide groups is 1. The molecule has 7 rings (SSSR count). The molecule has 1 N–H and O–H groups in total. The van der Waals surface area contributed by atoms with E-state index in [1.165, 1.54) is 4.68 Å². The van der Waals surface area contributed by atoms with E-state index in [-0.39, 0.29) is 30.7 Å². The topological polar surface area (TPSA) is 105 Å². The summed E-state index contributed by atoms with van der Waals surface area (Å²) in [6, 6.07) is 13.4. The number of fused-ring (bicyclic) bond motifs is 4. The number of benzene rings is 2. The average molecular weight is 569 g/mol. The lowest BCUT2D eigenvalue weighted by Crippen LogP contribution is -2.53. The van der Waals surface area contributed by atoms with E-state index in [2.05, 4.69) is 15.4 Å². The zero-order valence-corrected chi connectivity index (χ0v) is 21.9. The Morgan fingerprint density at radius 3 is 2.73 bits per heavy atom. The Labute approximate surface area is 233 Å². The van der Waals surface area contributed by atoms with E-state index in [4.69, 9.17) is 9.47 Å². The van der Waals surface area contributed by atoms with Gasteiger partial charge < -0.3 is 9.47 Å². The third-order valence-electron chi connectivity index (χ3n) is 8.01. The Bertz CT molecular complexity index is 1520. The minimum absolute atomic E-state index is 0.126. The number of alkyl halides is 3. The molecule has 13 heteroatoms. The van der Waals surface area contributed by atoms with Crippen molar-refractivity contribution in [1.29, 1.82) is 0 Å². The van der Waals surface area contributed by atoms with Gasteiger partial charge in [0, 0.05) is 31.6 Å². The molecule has 5 heterocycles. The van der Waals surface area contributed by atoms with Gasteiger partial charge in [-0.3, -0.25) is 24.7 Å². The van der Waals surface area contributed by atoms with Crippen LogP contribution in [0.3, 0.4) is 0 Å². The van der Waals surface area contributed by atoms with Crippen molar-refractivity contribution in [2.24, 2.45) is 0 Å². The molecule has 1 aromatic heterocycles. The molecule has 0 saturated carbocycles. The highest BCUT2D eigenvalue weighted by Gasteiger charge is 2.53. The number of nitrogens with one attached hydrogen (secondary N) is 1. The predicted octanol–water partition coefficient (Wildman–Crippen LogP) is 2.91. The molecular weight excluding hydrogens is 541 g/mol. The van der Waals surface area contributed by atoms with Crippen molar-refractivity contribution < 1.29 is 32.2 Å². The highest BCUT2D eigenvalue weighted by atomic mass is 19.4. The highest BCUT2D eigenvalue weighted by molar-refractivity contribution is 6.00. The molecule has 2 aromatic carbocycles. The zero-order valence-electron chi connectivity index (χ0n) is 21.9. The van der Waals surface area contributed by atoms with Crippen LogP contribution in [0.4, 0.5) is 13.2 Å². The van der Waals surface area contributed by atoms with Gasteiger partial charge in [0.25, 0.3) is 5.82 Å². The molecular formula is C28H27F3N6O4. The number of amides is 2. The smallest absolute Gasteiger partial charge is 0.453 e. The van der Waals surface area contributed by atoms with Gasteiger partial charge in [-0.1, -0.05) is 36.4 Å². The number of hydrogen-bond donors (Lipinski definition) is 1. The molecule has 2 saturated heterocycles. The molecule has 2 amide bonds. The molecule has 214 valence electrons. The van der Waals surface area contributed by atoms with E-state index in [1.807, 2.05) is 52.3 Å². The SMILES string of the molecule is O=C1CCC(N2Cc3c(OCc4cccc(CN5CCn6nc(C(F)(F)F)nc6C5)c4)cccc3C3OC32)C(=O)N1. The zero-order chi connectivity index (χ0) is 28.3. The van der Waals surface area contributed by atoms with E-state index in [0.29, 0.717) is 51.5 Å². The minimum Gasteiger partial charge on any atom is -0.489 e. The van der Waals surface area contributed by atoms with E-state index in [0.717, 1.165) is 28.0 Å². The van der Waals surface area contributed by atoms with Crippen molar-refractivity contribution >= 4 is 11.8 Å². The first-order valence-electron chi connectivity index (χ1n) is 13.5. The van der Waals surface area contributed by atoms with E-state index >= 15 is 0 Å². The number of aromatic nitrogens is 3. The van der Waals surface area contributed by atoms with Crippen LogP contribution in [0.1, 0.15) is 52.8 Å². The normalized spacial score (nSPS) is 24.3. The summed E-state index contributed by atoms with van der Waals surface area (Å²) in [5.74, 6) is -0.605. The molecule has 4 aliphatic heterocycles. The van der Waals surface area contributed by atoms with Crippen LogP contribution >= 0.6 is 0 Å². The Kier molecular flexibility index (Phi) is 6.32. The van der Waals surface area contributed by atoms with Gasteiger partial charge in [0.1, 0.15) is 30.5 Å². The first-order chi connectivity index (χ1) is 19.7. The predicted molar refractivity (Wildman–Crippen MR) is 136 cm³/mol. The van der Waals surface area contributed by atoms with Gasteiger partial charge in [0.05, 0.1) is 19.1 Å². The summed E-state index contributed by atoms with van der Waals surface area (Å²) in [6.45, 7) is 2.56. The van der Waals surface area contributed by atoms with Crippen LogP contribution in [0.2, 0.25) is 0 Å². The lowest BCUT2D eigenvalue weighted by molar-refractivity contribution is -0.145. The number of epoxide rings is 1. The second kappa shape index (κ2) is 9.93. The Morgan fingerprint density at radius 1 is 1.07 bits per heavy atom. The fraction of sp³-hybridized carbons (Fsp3) is 0.429. The van der Waals surface area contributed by atoms with Crippen molar-refractivity contribution in [2.75, 3.05) is 6.54 Å². The molecule has 2 fully saturated rings. The number of halogens is 3. The van der Waals surface area contributed by atoms with E-state index in [1.54, 1.807) is 0 Å². The third kappa shape index (κ3) is 5.09. The lowest BCUT2D eigenvalue weighted by Gasteiger charge is -2.34. The number of piperidine rings is 1. The molecule has 3 aromatic rings. The molecule has 0 aliphatic carbocycles. The largest absolute Gasteiger partial charge is 0.489 e. The summed E-state index contributed by atoms with van der Waals surface area (Å²) in [6.07, 6.45) is -4.10. The Hall–Kier alpha value is -3.81. The van der Waals surface area contributed by atoms with Gasteiger partial charge in [-0.05, 0) is 29.2 Å². The average Bonchev–Trinajstić information content (AvgIpc) is 3.63. The highest BCUT2D eigenvalue weighted by Crippen LogP contribution is 2.50. The Morgan fingerprint density at radius 2 is 1.90 bits per heavy atom. The summed E-state index contributed by atoms with van der Waals surface area (Å²) >= 11 is 0. The van der Waals surface area contributed by atoms with Crippen LogP contribution < -0.4 is 10.1 Å². The van der Waals surface area contributed by atoms with Crippen LogP contribution in [0.15, 0.2) is 42.5 Å². The fourth-order valence-electron chi connectivity index (χ4n) is 5.97. The third-order valence-corrected chi connectivity index (χ3v) is 8.01. The molecule has 0 radical (unpaired) electrons. The minimum atomic E-state index is -4.56. The standard InChI is InChI=1S/C28H27F3N6O4/c29-28(30,31)27-32-22-14-35(9-10-37(22)34-27)12-16-3-1-4-17(11-16)15-40-21-6-2-5-18-19(21)13-36(26-24(18)41-26)20-7-8-23(38)33-25(20)39/h1-6,11,20,24,26H,7-10,12-15H2,(H,33,38,39). The number of rotatable bonds is 6. The second-order valence-electron chi connectivity index (χ2n) is 10.8. The molecule has 4 aliphatic rings. The summed E-state index contributed by atoms with van der Waals surface area (Å²) in [7, 11) is 0. The maximum absolute atomic E-state index is 13.0. The molecule has 10 nitrogen and oxygen atoms in total. The monoisotopic (exact) mass is 568 g/mol. The summed E-state index contributed by atoms with van der Waals surface area (Å²) < 4.78 is 52.6. The number of carbonyl (C=O) groups is 2. The maximum Gasteiger partial charge on any atom is 0.453 e. The fourth-order valence-corrected chi connectivity index (χ4v) is 5.97. The molecule has 41 heavy (non-hydrogen) atoms. The Balaban J connectivity index is 1.02. The van der Waals surface area contributed by atoms with Crippen LogP contribution in [-0.2, 0) is 53.3 Å². The quantitative estimate of drug-likeness (QED) is 0.358. The first kappa shape index (κ1) is 26.1. The van der Waals surface area contributed by atoms with Crippen molar-refractivity contribution in [3.63, 3.8) is 0 Å². The van der Waals surface area contributed by atoms with Gasteiger partial charge in [0.15, 0.2) is 0 Å². The van der Waals surface area contributed by atoms with Crippen molar-refractivity contribution in [1.82, 2.24) is 29.9 Å². The maximum atomic E-state index is 13.0. The van der Waals surface area contributed by atoms with Gasteiger partial charge in [-0.25, -0.2) is 9.67 Å². The summed E-state index contributed by atoms with van der Waals surface area (Å²) in [5, 5.41) is 6.03. The molecule has 0 spiro atoms. The van der Waals surface area contributed by atoms with Crippen molar-refractivity contribution in [3.8, 4) is 5.75 Å². The summed E-state index contributed by atoms with van der Waals surface area (Å²) in [4.78, 5) is 31.9. The number of hydrogen-bond acceptors (Lipinski definition) is 8. The van der Waals surface area contributed by atoms with Crippen LogP contribution in [0.25, 0.3) is 0 Å². The van der Waals surface area contributed by atoms with Crippen LogP contribution in [-0.4, -0.2) is 55.2 Å². The summed E-state index contributed by atoms with van der Waals surface area (Å²) in [5.41, 5.74) is 4.00. The molecule has 3 unspecified atom stereocenters. The second-order valence-corrected chi connectivity index (χ2v) is 10.8. The van der Waals surface area contributed by atoms with Crippen LogP contribution in [0, 0.1) is 0 Å². The lowest BCUT2D eigenvalue weighted by atomic mass is 9.95. The molecule has 0 bridgehead atoms. The van der Waals surface area contributed by atoms with Gasteiger partial charge in [-0.2, -0.15) is 13.2 Å². The van der Waals surface area contributed by atoms with Crippen molar-refractivity contribution in [2.45, 2.75) is 70.2 Å². The van der Waals surface area contributed by atoms with Gasteiger partial charge in [0.2, 0.25) is 11.8 Å². The van der Waals surface area contributed by atoms with Gasteiger partial charge in [-0.15, -0.1) is 5.10 Å². The van der Waals surface area contributed by atoms with E-state index < -0.39 is 18.0 Å². The first-order valence-corrected chi connectivity index (χ1v) is 13.5. The van der Waals surface area contributed by atoms with Crippen LogP contribution in [0.5, 0.6) is 5.75 Å². The molecule has 3 atom stereocenters. The number of carbonyl (C=O) groups excluding carboxylic acids is 2.